The summed E-state index contributed by atoms with van der Waals surface area (Å²) in [6.07, 6.45) is 1.13. The first kappa shape index (κ1) is 13.9. The average molecular weight is 270 g/mol. The molecule has 18 heavy (non-hydrogen) atoms. The molecule has 1 aliphatic rings. The van der Waals surface area contributed by atoms with Gasteiger partial charge in [0, 0.05) is 18.5 Å². The van der Waals surface area contributed by atoms with E-state index < -0.39 is 0 Å². The molecule has 102 valence electrons. The van der Waals surface area contributed by atoms with Crippen molar-refractivity contribution < 1.29 is 9.47 Å². The summed E-state index contributed by atoms with van der Waals surface area (Å²) in [6.45, 7) is 9.27. The summed E-state index contributed by atoms with van der Waals surface area (Å²) in [6, 6.07) is 0. The van der Waals surface area contributed by atoms with E-state index in [0.717, 1.165) is 25.2 Å². The number of morpholine rings is 1. The summed E-state index contributed by atoms with van der Waals surface area (Å²) < 4.78 is 11.6. The molecule has 0 aromatic carbocycles. The third-order valence-corrected chi connectivity index (χ3v) is 3.91. The summed E-state index contributed by atoms with van der Waals surface area (Å²) in [7, 11) is 0. The van der Waals surface area contributed by atoms with Gasteiger partial charge in [0.15, 0.2) is 0 Å². The Kier molecular flexibility index (Phi) is 4.72. The molecule has 0 saturated carbocycles. The van der Waals surface area contributed by atoms with Crippen LogP contribution in [-0.4, -0.2) is 36.4 Å². The average Bonchev–Trinajstić information content (AvgIpc) is 2.76. The predicted octanol–water partition coefficient (Wildman–Crippen LogP) is 1.99. The summed E-state index contributed by atoms with van der Waals surface area (Å²) in [5.41, 5.74) is 0.933. The summed E-state index contributed by atoms with van der Waals surface area (Å²) >= 11 is 1.70. The lowest BCUT2D eigenvalue weighted by Crippen LogP contribution is -2.51. The Morgan fingerprint density at radius 1 is 1.61 bits per heavy atom. The van der Waals surface area contributed by atoms with Crippen LogP contribution in [0.15, 0.2) is 5.38 Å². The van der Waals surface area contributed by atoms with Crippen molar-refractivity contribution in [2.75, 3.05) is 19.7 Å². The molecule has 1 saturated heterocycles. The molecule has 1 aromatic rings. The van der Waals surface area contributed by atoms with Crippen LogP contribution >= 0.6 is 11.3 Å². The molecule has 1 aromatic heterocycles. The topological polar surface area (TPSA) is 43.4 Å². The molecule has 1 N–H and O–H groups in total. The minimum atomic E-state index is -0.0950. The van der Waals surface area contributed by atoms with Crippen LogP contribution in [-0.2, 0) is 22.5 Å². The number of aryl methyl sites for hydroxylation is 1. The summed E-state index contributed by atoms with van der Waals surface area (Å²) in [4.78, 5) is 4.48. The molecule has 0 spiro atoms. The van der Waals surface area contributed by atoms with Gasteiger partial charge >= 0.3 is 0 Å². The zero-order chi connectivity index (χ0) is 13.0. The van der Waals surface area contributed by atoms with Crippen LogP contribution in [0.2, 0.25) is 0 Å². The molecule has 5 heteroatoms. The standard InChI is InChI=1S/C13H22N2O2S/c1-4-12-15-10(8-18-12)6-16-7-11-5-14-9-13(2,3)17-11/h8,11,14H,4-7,9H2,1-3H3. The fraction of sp³-hybridized carbons (Fsp3) is 0.769. The monoisotopic (exact) mass is 270 g/mol. The van der Waals surface area contributed by atoms with Crippen molar-refractivity contribution in [3.63, 3.8) is 0 Å². The van der Waals surface area contributed by atoms with Gasteiger partial charge in [0.25, 0.3) is 0 Å². The van der Waals surface area contributed by atoms with E-state index in [2.05, 4.69) is 36.5 Å². The van der Waals surface area contributed by atoms with Crippen molar-refractivity contribution in [2.45, 2.75) is 45.5 Å². The third kappa shape index (κ3) is 4.02. The van der Waals surface area contributed by atoms with Gasteiger partial charge < -0.3 is 14.8 Å². The Labute approximate surface area is 113 Å². The fourth-order valence-corrected chi connectivity index (χ4v) is 2.76. The van der Waals surface area contributed by atoms with Crippen molar-refractivity contribution >= 4 is 11.3 Å². The smallest absolute Gasteiger partial charge is 0.0940 e. The Balaban J connectivity index is 1.71. The summed E-state index contributed by atoms with van der Waals surface area (Å²) in [5.74, 6) is 0. The molecule has 1 atom stereocenters. The quantitative estimate of drug-likeness (QED) is 0.888. The van der Waals surface area contributed by atoms with Gasteiger partial charge in [0.05, 0.1) is 35.6 Å². The van der Waals surface area contributed by atoms with E-state index >= 15 is 0 Å². The lowest BCUT2D eigenvalue weighted by atomic mass is 10.1. The molecule has 2 heterocycles. The Morgan fingerprint density at radius 2 is 2.44 bits per heavy atom. The first-order chi connectivity index (χ1) is 8.59. The van der Waals surface area contributed by atoms with Crippen molar-refractivity contribution in [2.24, 2.45) is 0 Å². The number of hydrogen-bond donors (Lipinski definition) is 1. The molecule has 1 aliphatic heterocycles. The molecule has 0 radical (unpaired) electrons. The largest absolute Gasteiger partial charge is 0.372 e. The van der Waals surface area contributed by atoms with Gasteiger partial charge in [-0.3, -0.25) is 0 Å². The molecule has 0 aliphatic carbocycles. The SMILES string of the molecule is CCc1nc(COCC2CNCC(C)(C)O2)cs1. The highest BCUT2D eigenvalue weighted by atomic mass is 32.1. The number of ether oxygens (including phenoxy) is 2. The van der Waals surface area contributed by atoms with Crippen molar-refractivity contribution in [1.82, 2.24) is 10.3 Å². The Morgan fingerprint density at radius 3 is 3.11 bits per heavy atom. The molecular weight excluding hydrogens is 248 g/mol. The molecule has 0 bridgehead atoms. The van der Waals surface area contributed by atoms with Crippen LogP contribution < -0.4 is 5.32 Å². The van der Waals surface area contributed by atoms with Crippen molar-refractivity contribution in [3.05, 3.63) is 16.1 Å². The first-order valence-corrected chi connectivity index (χ1v) is 7.36. The van der Waals surface area contributed by atoms with Gasteiger partial charge in [-0.05, 0) is 20.3 Å². The van der Waals surface area contributed by atoms with E-state index in [1.165, 1.54) is 5.01 Å². The van der Waals surface area contributed by atoms with Gasteiger partial charge in [-0.1, -0.05) is 6.92 Å². The fourth-order valence-electron chi connectivity index (χ4n) is 2.03. The number of nitrogens with one attached hydrogen (secondary N) is 1. The zero-order valence-corrected chi connectivity index (χ0v) is 12.2. The maximum atomic E-state index is 5.93. The highest BCUT2D eigenvalue weighted by molar-refractivity contribution is 7.09. The van der Waals surface area contributed by atoms with Crippen LogP contribution in [0, 0.1) is 0 Å². The van der Waals surface area contributed by atoms with Crippen LogP contribution in [0.1, 0.15) is 31.5 Å². The molecule has 2 rings (SSSR count). The van der Waals surface area contributed by atoms with E-state index in [0.29, 0.717) is 13.2 Å². The van der Waals surface area contributed by atoms with Gasteiger partial charge in [-0.15, -0.1) is 11.3 Å². The highest BCUT2D eigenvalue weighted by Crippen LogP contribution is 2.16. The number of rotatable bonds is 5. The minimum absolute atomic E-state index is 0.0950. The van der Waals surface area contributed by atoms with E-state index in [1.54, 1.807) is 11.3 Å². The molecule has 1 unspecified atom stereocenters. The maximum Gasteiger partial charge on any atom is 0.0940 e. The van der Waals surface area contributed by atoms with E-state index in [9.17, 15) is 0 Å². The number of thiazole rings is 1. The Hall–Kier alpha value is -0.490. The molecule has 0 amide bonds. The van der Waals surface area contributed by atoms with Crippen LogP contribution in [0.4, 0.5) is 0 Å². The first-order valence-electron chi connectivity index (χ1n) is 6.48. The van der Waals surface area contributed by atoms with Crippen LogP contribution in [0.5, 0.6) is 0 Å². The minimum Gasteiger partial charge on any atom is -0.372 e. The van der Waals surface area contributed by atoms with Crippen LogP contribution in [0.3, 0.4) is 0 Å². The third-order valence-electron chi connectivity index (χ3n) is 2.86. The zero-order valence-electron chi connectivity index (χ0n) is 11.4. The van der Waals surface area contributed by atoms with Gasteiger partial charge in [-0.25, -0.2) is 4.98 Å². The molecule has 1 fully saturated rings. The molecular formula is C13H22N2O2S. The second kappa shape index (κ2) is 6.10. The molecule has 4 nitrogen and oxygen atoms in total. The predicted molar refractivity (Wildman–Crippen MR) is 73.0 cm³/mol. The normalized spacial score (nSPS) is 23.2. The maximum absolute atomic E-state index is 5.93. The Bertz CT molecular complexity index is 379. The highest BCUT2D eigenvalue weighted by Gasteiger charge is 2.28. The van der Waals surface area contributed by atoms with Crippen molar-refractivity contribution in [3.8, 4) is 0 Å². The van der Waals surface area contributed by atoms with Gasteiger partial charge in [-0.2, -0.15) is 0 Å². The summed E-state index contributed by atoms with van der Waals surface area (Å²) in [5, 5.41) is 6.61. The van der Waals surface area contributed by atoms with E-state index in [-0.39, 0.29) is 11.7 Å². The number of hydrogen-bond acceptors (Lipinski definition) is 5. The number of aromatic nitrogens is 1. The number of nitrogens with zero attached hydrogens (tertiary/aromatic N) is 1. The van der Waals surface area contributed by atoms with E-state index in [4.69, 9.17) is 9.47 Å². The van der Waals surface area contributed by atoms with Gasteiger partial charge in [0.2, 0.25) is 0 Å². The lowest BCUT2D eigenvalue weighted by molar-refractivity contribution is -0.122. The van der Waals surface area contributed by atoms with Gasteiger partial charge in [0.1, 0.15) is 0 Å². The van der Waals surface area contributed by atoms with Crippen molar-refractivity contribution in [1.29, 1.82) is 0 Å². The second-order valence-electron chi connectivity index (χ2n) is 5.23. The van der Waals surface area contributed by atoms with Crippen LogP contribution in [0.25, 0.3) is 0 Å². The second-order valence-corrected chi connectivity index (χ2v) is 6.17. The van der Waals surface area contributed by atoms with E-state index in [1.807, 2.05) is 0 Å². The lowest BCUT2D eigenvalue weighted by Gasteiger charge is -2.36.